The summed E-state index contributed by atoms with van der Waals surface area (Å²) in [5.41, 5.74) is 3.14. The Balaban J connectivity index is 1.47. The number of likely N-dealkylation sites (N-methyl/N-ethyl adjacent to an activating group) is 1. The summed E-state index contributed by atoms with van der Waals surface area (Å²) < 4.78 is 0. The number of anilines is 2. The van der Waals surface area contributed by atoms with Gasteiger partial charge in [0.05, 0.1) is 4.88 Å². The third-order valence-electron chi connectivity index (χ3n) is 5.27. The predicted octanol–water partition coefficient (Wildman–Crippen LogP) is 4.19. The SMILES string of the molecule is CCN1CCN(c2ccc(NC(=O)CCCC(=O)c3cccs3)c(C)c2)CC1. The highest BCUT2D eigenvalue weighted by atomic mass is 32.1. The number of benzene rings is 1. The molecule has 0 saturated carbocycles. The van der Waals surface area contributed by atoms with Crippen LogP contribution < -0.4 is 10.2 Å². The van der Waals surface area contributed by atoms with E-state index in [1.165, 1.54) is 17.0 Å². The number of carbonyl (C=O) groups is 2. The number of thiophene rings is 1. The molecular formula is C22H29N3O2S. The van der Waals surface area contributed by atoms with Crippen molar-refractivity contribution in [1.82, 2.24) is 4.90 Å². The highest BCUT2D eigenvalue weighted by Gasteiger charge is 2.16. The molecule has 5 nitrogen and oxygen atoms in total. The number of carbonyl (C=O) groups excluding carboxylic acids is 2. The molecule has 1 fully saturated rings. The summed E-state index contributed by atoms with van der Waals surface area (Å²) >= 11 is 1.45. The van der Waals surface area contributed by atoms with Crippen LogP contribution in [0.2, 0.25) is 0 Å². The number of amides is 1. The van der Waals surface area contributed by atoms with Gasteiger partial charge in [0.15, 0.2) is 5.78 Å². The van der Waals surface area contributed by atoms with Gasteiger partial charge in [0.2, 0.25) is 5.91 Å². The molecule has 1 saturated heterocycles. The van der Waals surface area contributed by atoms with Crippen molar-refractivity contribution in [2.24, 2.45) is 0 Å². The zero-order chi connectivity index (χ0) is 19.9. The molecule has 28 heavy (non-hydrogen) atoms. The van der Waals surface area contributed by atoms with Crippen molar-refractivity contribution in [3.05, 3.63) is 46.2 Å². The van der Waals surface area contributed by atoms with E-state index in [1.807, 2.05) is 30.5 Å². The van der Waals surface area contributed by atoms with Crippen LogP contribution in [0.3, 0.4) is 0 Å². The van der Waals surface area contributed by atoms with Gasteiger partial charge in [-0.15, -0.1) is 11.3 Å². The number of Topliss-reactive ketones (excluding diaryl/α,β-unsaturated/α-hetero) is 1. The first-order valence-electron chi connectivity index (χ1n) is 10.0. The van der Waals surface area contributed by atoms with Crippen LogP contribution in [0.4, 0.5) is 11.4 Å². The Morgan fingerprint density at radius 2 is 1.89 bits per heavy atom. The summed E-state index contributed by atoms with van der Waals surface area (Å²) in [6.45, 7) is 9.61. The molecule has 0 aliphatic carbocycles. The van der Waals surface area contributed by atoms with Gasteiger partial charge in [-0.3, -0.25) is 9.59 Å². The summed E-state index contributed by atoms with van der Waals surface area (Å²) in [5.74, 6) is 0.0814. The zero-order valence-electron chi connectivity index (χ0n) is 16.7. The van der Waals surface area contributed by atoms with Gasteiger partial charge in [-0.05, 0) is 55.1 Å². The van der Waals surface area contributed by atoms with Crippen molar-refractivity contribution in [3.63, 3.8) is 0 Å². The van der Waals surface area contributed by atoms with Crippen LogP contribution in [0.1, 0.15) is 41.4 Å². The maximum Gasteiger partial charge on any atom is 0.224 e. The molecule has 150 valence electrons. The number of piperazine rings is 1. The van der Waals surface area contributed by atoms with Crippen LogP contribution >= 0.6 is 11.3 Å². The number of hydrogen-bond donors (Lipinski definition) is 1. The zero-order valence-corrected chi connectivity index (χ0v) is 17.6. The van der Waals surface area contributed by atoms with Gasteiger partial charge in [-0.1, -0.05) is 13.0 Å². The van der Waals surface area contributed by atoms with E-state index in [1.54, 1.807) is 0 Å². The lowest BCUT2D eigenvalue weighted by atomic mass is 10.1. The maximum atomic E-state index is 12.3. The Kier molecular flexibility index (Phi) is 7.23. The molecule has 0 radical (unpaired) electrons. The topological polar surface area (TPSA) is 52.6 Å². The molecule has 2 aromatic rings. The number of nitrogens with zero attached hydrogens (tertiary/aromatic N) is 2. The van der Waals surface area contributed by atoms with E-state index in [4.69, 9.17) is 0 Å². The van der Waals surface area contributed by atoms with E-state index in [2.05, 4.69) is 34.2 Å². The van der Waals surface area contributed by atoms with Gasteiger partial charge in [-0.25, -0.2) is 0 Å². The maximum absolute atomic E-state index is 12.3. The van der Waals surface area contributed by atoms with Crippen molar-refractivity contribution >= 4 is 34.4 Å². The fourth-order valence-corrected chi connectivity index (χ4v) is 4.18. The fraction of sp³-hybridized carbons (Fsp3) is 0.455. The Morgan fingerprint density at radius 3 is 2.54 bits per heavy atom. The van der Waals surface area contributed by atoms with Crippen LogP contribution in [-0.2, 0) is 4.79 Å². The van der Waals surface area contributed by atoms with Crippen molar-refractivity contribution in [3.8, 4) is 0 Å². The van der Waals surface area contributed by atoms with Gasteiger partial charge in [-0.2, -0.15) is 0 Å². The molecule has 1 aromatic carbocycles. The monoisotopic (exact) mass is 399 g/mol. The predicted molar refractivity (Wildman–Crippen MR) is 117 cm³/mol. The second-order valence-electron chi connectivity index (χ2n) is 7.22. The lowest BCUT2D eigenvalue weighted by Gasteiger charge is -2.35. The summed E-state index contributed by atoms with van der Waals surface area (Å²) in [6, 6.07) is 9.94. The molecule has 3 rings (SSSR count). The van der Waals surface area contributed by atoms with E-state index >= 15 is 0 Å². The molecule has 1 amide bonds. The average Bonchev–Trinajstić information content (AvgIpc) is 3.24. The molecule has 0 bridgehead atoms. The standard InChI is InChI=1S/C22H29N3O2S/c1-3-24-11-13-25(14-12-24)18-9-10-19(17(2)16-18)23-22(27)8-4-6-20(26)21-7-5-15-28-21/h5,7,9-10,15-16H,3-4,6,8,11-14H2,1-2H3,(H,23,27). The quantitative estimate of drug-likeness (QED) is 0.676. The van der Waals surface area contributed by atoms with Crippen LogP contribution in [0.15, 0.2) is 35.7 Å². The molecule has 2 heterocycles. The Labute approximate surface area is 171 Å². The van der Waals surface area contributed by atoms with Crippen molar-refractivity contribution in [2.45, 2.75) is 33.1 Å². The van der Waals surface area contributed by atoms with E-state index < -0.39 is 0 Å². The first-order valence-corrected chi connectivity index (χ1v) is 10.9. The number of hydrogen-bond acceptors (Lipinski definition) is 5. The van der Waals surface area contributed by atoms with Crippen molar-refractivity contribution in [1.29, 1.82) is 0 Å². The average molecular weight is 400 g/mol. The number of ketones is 1. The number of rotatable bonds is 8. The summed E-state index contributed by atoms with van der Waals surface area (Å²) in [6.07, 6.45) is 1.34. The van der Waals surface area contributed by atoms with Gasteiger partial charge in [0, 0.05) is 50.4 Å². The second-order valence-corrected chi connectivity index (χ2v) is 8.17. The molecule has 6 heteroatoms. The van der Waals surface area contributed by atoms with E-state index in [0.717, 1.165) is 48.9 Å². The van der Waals surface area contributed by atoms with E-state index in [0.29, 0.717) is 19.3 Å². The first-order chi connectivity index (χ1) is 13.6. The molecule has 1 aliphatic rings. The molecule has 1 aliphatic heterocycles. The van der Waals surface area contributed by atoms with Gasteiger partial charge >= 0.3 is 0 Å². The van der Waals surface area contributed by atoms with Crippen LogP contribution in [-0.4, -0.2) is 49.3 Å². The third-order valence-corrected chi connectivity index (χ3v) is 6.18. The summed E-state index contributed by atoms with van der Waals surface area (Å²) in [7, 11) is 0. The van der Waals surface area contributed by atoms with Gasteiger partial charge in [0.1, 0.15) is 0 Å². The van der Waals surface area contributed by atoms with Crippen molar-refractivity contribution in [2.75, 3.05) is 42.9 Å². The highest BCUT2D eigenvalue weighted by molar-refractivity contribution is 7.12. The molecule has 1 aromatic heterocycles. The minimum atomic E-state index is -0.0358. The van der Waals surface area contributed by atoms with Gasteiger partial charge in [0.25, 0.3) is 0 Å². The molecule has 1 N–H and O–H groups in total. The Hall–Kier alpha value is -2.18. The minimum absolute atomic E-state index is 0.0358. The van der Waals surface area contributed by atoms with E-state index in [9.17, 15) is 9.59 Å². The fourth-order valence-electron chi connectivity index (χ4n) is 3.49. The van der Waals surface area contributed by atoms with Crippen LogP contribution in [0.25, 0.3) is 0 Å². The lowest BCUT2D eigenvalue weighted by molar-refractivity contribution is -0.116. The summed E-state index contributed by atoms with van der Waals surface area (Å²) in [5, 5.41) is 4.89. The molecule has 0 spiro atoms. The summed E-state index contributed by atoms with van der Waals surface area (Å²) in [4.78, 5) is 29.9. The normalized spacial score (nSPS) is 14.9. The molecule has 0 unspecified atom stereocenters. The lowest BCUT2D eigenvalue weighted by Crippen LogP contribution is -2.46. The minimum Gasteiger partial charge on any atom is -0.369 e. The number of nitrogens with one attached hydrogen (secondary N) is 1. The molecule has 0 atom stereocenters. The van der Waals surface area contributed by atoms with Gasteiger partial charge < -0.3 is 15.1 Å². The van der Waals surface area contributed by atoms with Crippen molar-refractivity contribution < 1.29 is 9.59 Å². The van der Waals surface area contributed by atoms with E-state index in [-0.39, 0.29) is 11.7 Å². The third kappa shape index (κ3) is 5.42. The second kappa shape index (κ2) is 9.85. The Morgan fingerprint density at radius 1 is 1.11 bits per heavy atom. The van der Waals surface area contributed by atoms with Crippen LogP contribution in [0.5, 0.6) is 0 Å². The van der Waals surface area contributed by atoms with Crippen LogP contribution in [0, 0.1) is 6.92 Å². The number of aryl methyl sites for hydroxylation is 1. The first kappa shape index (κ1) is 20.6. The highest BCUT2D eigenvalue weighted by Crippen LogP contribution is 2.24. The smallest absolute Gasteiger partial charge is 0.224 e. The largest absolute Gasteiger partial charge is 0.369 e. The Bertz CT molecular complexity index is 796. The molecular weight excluding hydrogens is 370 g/mol.